The fraction of sp³-hybridized carbons (Fsp3) is 0.0800. The highest BCUT2D eigenvalue weighted by molar-refractivity contribution is 6.13. The largest absolute Gasteiger partial charge is 0.345 e. The van der Waals surface area contributed by atoms with Gasteiger partial charge in [-0.15, -0.1) is 0 Å². The van der Waals surface area contributed by atoms with Crippen molar-refractivity contribution in [3.8, 4) is 0 Å². The quantitative estimate of drug-likeness (QED) is 0.502. The van der Waals surface area contributed by atoms with Crippen LogP contribution in [0.5, 0.6) is 0 Å². The van der Waals surface area contributed by atoms with Crippen LogP contribution in [0.2, 0.25) is 0 Å². The maximum absolute atomic E-state index is 13.6. The Bertz CT molecular complexity index is 1290. The fourth-order valence-corrected chi connectivity index (χ4v) is 3.87. The van der Waals surface area contributed by atoms with Crippen LogP contribution in [0, 0.1) is 0 Å². The van der Waals surface area contributed by atoms with Gasteiger partial charge in [0.05, 0.1) is 11.1 Å². The van der Waals surface area contributed by atoms with Gasteiger partial charge in [-0.05, 0) is 42.0 Å². The molecule has 1 atom stereocenters. The number of nitrogens with zero attached hydrogens (tertiary/aromatic N) is 2. The third kappa shape index (κ3) is 3.48. The molecule has 0 bridgehead atoms. The van der Waals surface area contributed by atoms with Gasteiger partial charge in [-0.2, -0.15) is 0 Å². The number of fused-ring (bicyclic) bond motifs is 2. The molecule has 0 fully saturated rings. The third-order valence-corrected chi connectivity index (χ3v) is 5.29. The van der Waals surface area contributed by atoms with E-state index in [1.54, 1.807) is 4.90 Å². The van der Waals surface area contributed by atoms with E-state index in [4.69, 9.17) is 4.98 Å². The number of benzene rings is 3. The molecule has 0 radical (unpaired) electrons. The molecule has 1 aliphatic heterocycles. The Kier molecular flexibility index (Phi) is 4.59. The van der Waals surface area contributed by atoms with Gasteiger partial charge in [-0.1, -0.05) is 48.5 Å². The van der Waals surface area contributed by atoms with Crippen molar-refractivity contribution in [2.45, 2.75) is 13.1 Å². The van der Waals surface area contributed by atoms with E-state index in [-0.39, 0.29) is 11.8 Å². The third-order valence-electron chi connectivity index (χ3n) is 5.29. The van der Waals surface area contributed by atoms with E-state index in [1.165, 1.54) is 6.92 Å². The monoisotopic (exact) mass is 408 g/mol. The lowest BCUT2D eigenvalue weighted by molar-refractivity contribution is -0.114. The zero-order valence-corrected chi connectivity index (χ0v) is 16.9. The van der Waals surface area contributed by atoms with Crippen molar-refractivity contribution >= 4 is 39.9 Å². The molecule has 31 heavy (non-hydrogen) atoms. The molecule has 152 valence electrons. The van der Waals surface area contributed by atoms with Crippen LogP contribution in [0.15, 0.2) is 84.9 Å². The molecule has 2 amide bonds. The molecule has 1 unspecified atom stereocenters. The van der Waals surface area contributed by atoms with Crippen molar-refractivity contribution in [3.05, 3.63) is 96.1 Å². The van der Waals surface area contributed by atoms with Crippen LogP contribution in [0.1, 0.15) is 29.0 Å². The summed E-state index contributed by atoms with van der Waals surface area (Å²) in [4.78, 5) is 31.4. The van der Waals surface area contributed by atoms with Crippen LogP contribution < -0.4 is 15.5 Å². The van der Waals surface area contributed by atoms with Crippen LogP contribution >= 0.6 is 0 Å². The first-order chi connectivity index (χ1) is 15.1. The summed E-state index contributed by atoms with van der Waals surface area (Å²) in [7, 11) is 0. The number of hydrogen-bond donors (Lipinski definition) is 2. The SMILES string of the molecule is CC(=O)Nc1ccc(C2Nc3nc4ccccc4cc3C(=O)N2c2ccccc2)cc1. The Balaban J connectivity index is 1.62. The summed E-state index contributed by atoms with van der Waals surface area (Å²) in [6, 6.07) is 26.7. The predicted molar refractivity (Wildman–Crippen MR) is 122 cm³/mol. The molecule has 0 saturated heterocycles. The van der Waals surface area contributed by atoms with Crippen molar-refractivity contribution in [2.24, 2.45) is 0 Å². The number of para-hydroxylation sites is 2. The Hall–Kier alpha value is -4.19. The van der Waals surface area contributed by atoms with Gasteiger partial charge in [-0.25, -0.2) is 4.98 Å². The number of pyridine rings is 1. The molecule has 0 spiro atoms. The highest BCUT2D eigenvalue weighted by Gasteiger charge is 2.35. The normalized spacial score (nSPS) is 15.3. The number of anilines is 3. The predicted octanol–water partition coefficient (Wildman–Crippen LogP) is 4.96. The van der Waals surface area contributed by atoms with Gasteiger partial charge in [0.2, 0.25) is 5.91 Å². The maximum Gasteiger partial charge on any atom is 0.264 e. The Morgan fingerprint density at radius 2 is 1.68 bits per heavy atom. The minimum Gasteiger partial charge on any atom is -0.345 e. The van der Waals surface area contributed by atoms with Crippen LogP contribution in [-0.4, -0.2) is 16.8 Å². The molecule has 5 rings (SSSR count). The standard InChI is InChI=1S/C25H20N4O2/c1-16(30)26-19-13-11-17(12-14-19)24-28-23-21(15-18-7-5-6-10-22(18)27-23)25(31)29(24)20-8-3-2-4-9-20/h2-15,24H,1H3,(H,26,30)(H,27,28). The molecule has 6 heteroatoms. The highest BCUT2D eigenvalue weighted by atomic mass is 16.2. The number of rotatable bonds is 3. The van der Waals surface area contributed by atoms with Crippen molar-refractivity contribution in [1.29, 1.82) is 0 Å². The van der Waals surface area contributed by atoms with E-state index in [2.05, 4.69) is 10.6 Å². The van der Waals surface area contributed by atoms with E-state index < -0.39 is 6.17 Å². The summed E-state index contributed by atoms with van der Waals surface area (Å²) in [5.74, 6) is 0.315. The fourth-order valence-electron chi connectivity index (χ4n) is 3.87. The molecule has 0 aliphatic carbocycles. The second kappa shape index (κ2) is 7.57. The van der Waals surface area contributed by atoms with Crippen LogP contribution in [0.4, 0.5) is 17.2 Å². The first-order valence-corrected chi connectivity index (χ1v) is 10.0. The van der Waals surface area contributed by atoms with Gasteiger partial charge >= 0.3 is 0 Å². The van der Waals surface area contributed by atoms with Gasteiger partial charge in [0.25, 0.3) is 5.91 Å². The maximum atomic E-state index is 13.6. The number of nitrogens with one attached hydrogen (secondary N) is 2. The minimum atomic E-state index is -0.442. The number of carbonyl (C=O) groups excluding carboxylic acids is 2. The number of aromatic nitrogens is 1. The van der Waals surface area contributed by atoms with Gasteiger partial charge < -0.3 is 10.6 Å². The van der Waals surface area contributed by atoms with E-state index in [0.29, 0.717) is 17.1 Å². The summed E-state index contributed by atoms with van der Waals surface area (Å²) in [6.45, 7) is 1.47. The summed E-state index contributed by atoms with van der Waals surface area (Å²) in [5.41, 5.74) is 3.74. The molecule has 4 aromatic rings. The van der Waals surface area contributed by atoms with Crippen LogP contribution in [0.3, 0.4) is 0 Å². The molecule has 1 aliphatic rings. The zero-order valence-electron chi connectivity index (χ0n) is 16.9. The molecule has 6 nitrogen and oxygen atoms in total. The molecule has 2 N–H and O–H groups in total. The summed E-state index contributed by atoms with van der Waals surface area (Å²) >= 11 is 0. The molecular weight excluding hydrogens is 388 g/mol. The molecule has 1 aromatic heterocycles. The smallest absolute Gasteiger partial charge is 0.264 e. The molecule has 0 saturated carbocycles. The summed E-state index contributed by atoms with van der Waals surface area (Å²) < 4.78 is 0. The average molecular weight is 408 g/mol. The van der Waals surface area contributed by atoms with Crippen molar-refractivity contribution in [3.63, 3.8) is 0 Å². The summed E-state index contributed by atoms with van der Waals surface area (Å²) in [6.07, 6.45) is -0.442. The van der Waals surface area contributed by atoms with Crippen molar-refractivity contribution < 1.29 is 9.59 Å². The molecule has 2 heterocycles. The second-order valence-corrected chi connectivity index (χ2v) is 7.44. The van der Waals surface area contributed by atoms with E-state index in [0.717, 1.165) is 22.2 Å². The van der Waals surface area contributed by atoms with Gasteiger partial charge in [0.15, 0.2) is 0 Å². The lowest BCUT2D eigenvalue weighted by atomic mass is 10.0. The van der Waals surface area contributed by atoms with E-state index in [9.17, 15) is 9.59 Å². The molecule has 3 aromatic carbocycles. The Labute approximate surface area is 179 Å². The van der Waals surface area contributed by atoms with E-state index >= 15 is 0 Å². The summed E-state index contributed by atoms with van der Waals surface area (Å²) in [5, 5.41) is 7.14. The van der Waals surface area contributed by atoms with E-state index in [1.807, 2.05) is 84.9 Å². The highest BCUT2D eigenvalue weighted by Crippen LogP contribution is 2.37. The lowest BCUT2D eigenvalue weighted by Crippen LogP contribution is -2.43. The Morgan fingerprint density at radius 3 is 2.42 bits per heavy atom. The van der Waals surface area contributed by atoms with Gasteiger partial charge in [0.1, 0.15) is 12.0 Å². The first kappa shape index (κ1) is 18.8. The van der Waals surface area contributed by atoms with Crippen LogP contribution in [0.25, 0.3) is 10.9 Å². The zero-order chi connectivity index (χ0) is 21.4. The van der Waals surface area contributed by atoms with Crippen molar-refractivity contribution in [2.75, 3.05) is 15.5 Å². The van der Waals surface area contributed by atoms with Gasteiger partial charge in [-0.3, -0.25) is 14.5 Å². The average Bonchev–Trinajstić information content (AvgIpc) is 2.78. The number of amides is 2. The Morgan fingerprint density at radius 1 is 0.968 bits per heavy atom. The lowest BCUT2D eigenvalue weighted by Gasteiger charge is -2.37. The topological polar surface area (TPSA) is 74.3 Å². The second-order valence-electron chi connectivity index (χ2n) is 7.44. The number of hydrogen-bond acceptors (Lipinski definition) is 4. The van der Waals surface area contributed by atoms with Crippen molar-refractivity contribution in [1.82, 2.24) is 4.98 Å². The minimum absolute atomic E-state index is 0.117. The molecular formula is C25H20N4O2. The number of carbonyl (C=O) groups is 2. The van der Waals surface area contributed by atoms with Gasteiger partial charge in [0, 0.05) is 23.7 Å². The first-order valence-electron chi connectivity index (χ1n) is 10.0. The van der Waals surface area contributed by atoms with Crippen LogP contribution in [-0.2, 0) is 4.79 Å².